The molecule has 0 aliphatic carbocycles. The van der Waals surface area contributed by atoms with Crippen molar-refractivity contribution in [3.8, 4) is 5.75 Å². The lowest BCUT2D eigenvalue weighted by atomic mass is 9.96. The summed E-state index contributed by atoms with van der Waals surface area (Å²) in [5.74, 6) is 1.36. The molecular formula is C14H18N2O. The van der Waals surface area contributed by atoms with Crippen molar-refractivity contribution in [2.24, 2.45) is 11.7 Å². The van der Waals surface area contributed by atoms with Gasteiger partial charge in [-0.25, -0.2) is 0 Å². The predicted molar refractivity (Wildman–Crippen MR) is 70.2 cm³/mol. The van der Waals surface area contributed by atoms with E-state index < -0.39 is 0 Å². The molecule has 2 aromatic rings. The quantitative estimate of drug-likeness (QED) is 0.877. The minimum Gasteiger partial charge on any atom is -0.496 e. The van der Waals surface area contributed by atoms with Gasteiger partial charge in [-0.05, 0) is 42.0 Å². The lowest BCUT2D eigenvalue weighted by Crippen LogP contribution is -2.13. The van der Waals surface area contributed by atoms with Crippen molar-refractivity contribution in [3.05, 3.63) is 36.2 Å². The van der Waals surface area contributed by atoms with E-state index in [0.29, 0.717) is 12.5 Å². The molecule has 1 heterocycles. The van der Waals surface area contributed by atoms with Gasteiger partial charge in [0.15, 0.2) is 0 Å². The van der Waals surface area contributed by atoms with Crippen LogP contribution in [0.5, 0.6) is 5.75 Å². The molecule has 3 nitrogen and oxygen atoms in total. The molecule has 1 unspecified atom stereocenters. The molecule has 0 aliphatic heterocycles. The van der Waals surface area contributed by atoms with E-state index in [-0.39, 0.29) is 0 Å². The first-order valence-corrected chi connectivity index (χ1v) is 5.86. The third kappa shape index (κ3) is 2.39. The van der Waals surface area contributed by atoms with Crippen LogP contribution in [0.3, 0.4) is 0 Å². The minimum absolute atomic E-state index is 0.486. The number of methoxy groups -OCH3 is 1. The molecule has 1 aromatic heterocycles. The van der Waals surface area contributed by atoms with Crippen molar-refractivity contribution in [2.75, 3.05) is 13.7 Å². The number of benzene rings is 1. The summed E-state index contributed by atoms with van der Waals surface area (Å²) >= 11 is 0. The number of hydrogen-bond donors (Lipinski definition) is 1. The molecule has 0 radical (unpaired) electrons. The second-order valence-electron chi connectivity index (χ2n) is 4.39. The highest BCUT2D eigenvalue weighted by molar-refractivity contribution is 5.90. The molecule has 0 saturated heterocycles. The van der Waals surface area contributed by atoms with Gasteiger partial charge in [-0.2, -0.15) is 0 Å². The zero-order chi connectivity index (χ0) is 12.3. The first-order chi connectivity index (χ1) is 8.26. The molecule has 0 aliphatic rings. The SMILES string of the molecule is COc1ccc(CC(C)CN)c2ccncc12. The Hall–Kier alpha value is -1.61. The molecule has 0 amide bonds. The van der Waals surface area contributed by atoms with E-state index in [0.717, 1.165) is 17.6 Å². The lowest BCUT2D eigenvalue weighted by molar-refractivity contribution is 0.419. The summed E-state index contributed by atoms with van der Waals surface area (Å²) in [6, 6.07) is 6.16. The normalized spacial score (nSPS) is 12.6. The van der Waals surface area contributed by atoms with Crippen molar-refractivity contribution in [1.82, 2.24) is 4.98 Å². The maximum atomic E-state index is 5.68. The van der Waals surface area contributed by atoms with Gasteiger partial charge in [0, 0.05) is 17.8 Å². The molecule has 0 spiro atoms. The van der Waals surface area contributed by atoms with Gasteiger partial charge in [-0.15, -0.1) is 0 Å². The zero-order valence-electron chi connectivity index (χ0n) is 10.3. The number of aromatic nitrogens is 1. The molecule has 0 fully saturated rings. The smallest absolute Gasteiger partial charge is 0.128 e. The van der Waals surface area contributed by atoms with Crippen LogP contribution in [0.4, 0.5) is 0 Å². The number of rotatable bonds is 4. The second-order valence-corrected chi connectivity index (χ2v) is 4.39. The Morgan fingerprint density at radius 2 is 2.12 bits per heavy atom. The third-order valence-electron chi connectivity index (χ3n) is 3.06. The van der Waals surface area contributed by atoms with Gasteiger partial charge < -0.3 is 10.5 Å². The predicted octanol–water partition coefficient (Wildman–Crippen LogP) is 2.38. The summed E-state index contributed by atoms with van der Waals surface area (Å²) in [5, 5.41) is 2.27. The lowest BCUT2D eigenvalue weighted by Gasteiger charge is -2.13. The van der Waals surface area contributed by atoms with Crippen molar-refractivity contribution < 1.29 is 4.74 Å². The first kappa shape index (κ1) is 11.9. The molecule has 17 heavy (non-hydrogen) atoms. The Labute approximate surface area is 102 Å². The standard InChI is InChI=1S/C14H18N2O/c1-10(8-15)7-11-3-4-14(17-2)13-9-16-6-5-12(11)13/h3-6,9-10H,7-8,15H2,1-2H3. The van der Waals surface area contributed by atoms with E-state index >= 15 is 0 Å². The fraction of sp³-hybridized carbons (Fsp3) is 0.357. The minimum atomic E-state index is 0.486. The van der Waals surface area contributed by atoms with Crippen LogP contribution in [0, 0.1) is 5.92 Å². The van der Waals surface area contributed by atoms with Crippen LogP contribution in [-0.2, 0) is 6.42 Å². The second kappa shape index (κ2) is 5.15. The number of ether oxygens (including phenoxy) is 1. The van der Waals surface area contributed by atoms with E-state index in [4.69, 9.17) is 10.5 Å². The van der Waals surface area contributed by atoms with Gasteiger partial charge >= 0.3 is 0 Å². The monoisotopic (exact) mass is 230 g/mol. The van der Waals surface area contributed by atoms with Crippen LogP contribution < -0.4 is 10.5 Å². The Morgan fingerprint density at radius 3 is 2.82 bits per heavy atom. The van der Waals surface area contributed by atoms with Gasteiger partial charge in [0.05, 0.1) is 7.11 Å². The molecule has 90 valence electrons. The van der Waals surface area contributed by atoms with Crippen molar-refractivity contribution in [3.63, 3.8) is 0 Å². The van der Waals surface area contributed by atoms with E-state index in [9.17, 15) is 0 Å². The topological polar surface area (TPSA) is 48.1 Å². The number of nitrogens with zero attached hydrogens (tertiary/aromatic N) is 1. The molecular weight excluding hydrogens is 212 g/mol. The fourth-order valence-corrected chi connectivity index (χ4v) is 2.04. The van der Waals surface area contributed by atoms with E-state index in [1.165, 1.54) is 10.9 Å². The maximum Gasteiger partial charge on any atom is 0.128 e. The maximum absolute atomic E-state index is 5.68. The Morgan fingerprint density at radius 1 is 1.29 bits per heavy atom. The van der Waals surface area contributed by atoms with E-state index in [1.54, 1.807) is 7.11 Å². The molecule has 1 aromatic carbocycles. The number of hydrogen-bond acceptors (Lipinski definition) is 3. The number of nitrogens with two attached hydrogens (primary N) is 1. The van der Waals surface area contributed by atoms with Crippen molar-refractivity contribution in [2.45, 2.75) is 13.3 Å². The summed E-state index contributed by atoms with van der Waals surface area (Å²) in [7, 11) is 1.68. The van der Waals surface area contributed by atoms with Crippen LogP contribution in [0.2, 0.25) is 0 Å². The molecule has 0 saturated carbocycles. The Kier molecular flexibility index (Phi) is 3.59. The van der Waals surface area contributed by atoms with Crippen LogP contribution in [-0.4, -0.2) is 18.6 Å². The van der Waals surface area contributed by atoms with Crippen LogP contribution in [0.15, 0.2) is 30.6 Å². The highest BCUT2D eigenvalue weighted by Crippen LogP contribution is 2.28. The highest BCUT2D eigenvalue weighted by atomic mass is 16.5. The van der Waals surface area contributed by atoms with Crippen LogP contribution in [0.25, 0.3) is 10.8 Å². The highest BCUT2D eigenvalue weighted by Gasteiger charge is 2.08. The van der Waals surface area contributed by atoms with Gasteiger partial charge in [-0.1, -0.05) is 13.0 Å². The molecule has 2 rings (SSSR count). The summed E-state index contributed by atoms with van der Waals surface area (Å²) in [6.45, 7) is 2.87. The van der Waals surface area contributed by atoms with Crippen LogP contribution in [0.1, 0.15) is 12.5 Å². The average Bonchev–Trinajstić information content (AvgIpc) is 2.39. The van der Waals surface area contributed by atoms with Gasteiger partial charge in [-0.3, -0.25) is 4.98 Å². The van der Waals surface area contributed by atoms with Crippen molar-refractivity contribution >= 4 is 10.8 Å². The average molecular weight is 230 g/mol. The summed E-state index contributed by atoms with van der Waals surface area (Å²) in [6.07, 6.45) is 4.66. The van der Waals surface area contributed by atoms with Crippen molar-refractivity contribution in [1.29, 1.82) is 0 Å². The fourth-order valence-electron chi connectivity index (χ4n) is 2.04. The van der Waals surface area contributed by atoms with Gasteiger partial charge in [0.1, 0.15) is 5.75 Å². The molecule has 0 bridgehead atoms. The van der Waals surface area contributed by atoms with E-state index in [2.05, 4.69) is 18.0 Å². The number of fused-ring (bicyclic) bond motifs is 1. The third-order valence-corrected chi connectivity index (χ3v) is 3.06. The van der Waals surface area contributed by atoms with Gasteiger partial charge in [0.2, 0.25) is 0 Å². The Balaban J connectivity index is 2.51. The summed E-state index contributed by atoms with van der Waals surface area (Å²) in [4.78, 5) is 4.16. The Bertz CT molecular complexity index is 511. The first-order valence-electron chi connectivity index (χ1n) is 5.86. The summed E-state index contributed by atoms with van der Waals surface area (Å²) < 4.78 is 5.35. The molecule has 3 heteroatoms. The van der Waals surface area contributed by atoms with E-state index in [1.807, 2.05) is 24.5 Å². The molecule has 1 atom stereocenters. The number of pyridine rings is 1. The van der Waals surface area contributed by atoms with Gasteiger partial charge in [0.25, 0.3) is 0 Å². The van der Waals surface area contributed by atoms with Crippen LogP contribution >= 0.6 is 0 Å². The largest absolute Gasteiger partial charge is 0.496 e. The molecule has 2 N–H and O–H groups in total. The zero-order valence-corrected chi connectivity index (χ0v) is 10.3. The summed E-state index contributed by atoms with van der Waals surface area (Å²) in [5.41, 5.74) is 6.99.